The molecule has 0 unspecified atom stereocenters. The van der Waals surface area contributed by atoms with E-state index >= 15 is 0 Å². The molecule has 0 spiro atoms. The van der Waals surface area contributed by atoms with Crippen LogP contribution in [0, 0.1) is 0 Å². The van der Waals surface area contributed by atoms with Crippen LogP contribution >= 0.6 is 0 Å². The Balaban J connectivity index is 1.77. The highest BCUT2D eigenvalue weighted by Gasteiger charge is 2.26. The number of amides is 1. The Morgan fingerprint density at radius 3 is 2.25 bits per heavy atom. The van der Waals surface area contributed by atoms with E-state index in [0.717, 1.165) is 16.1 Å². The van der Waals surface area contributed by atoms with Gasteiger partial charge in [-0.3, -0.25) is 9.10 Å². The van der Waals surface area contributed by atoms with Crippen molar-refractivity contribution in [2.24, 2.45) is 0 Å². The van der Waals surface area contributed by atoms with E-state index in [1.54, 1.807) is 18.2 Å². The van der Waals surface area contributed by atoms with Gasteiger partial charge in [0.15, 0.2) is 0 Å². The molecule has 150 valence electrons. The standard InChI is InChI=1S/C18H21N3O5S2/c1-20(2)28(25,26)16-7-4-13(5-8-16)18(22)19-15-6-9-17-14(12-15)10-11-21(17)27(3,23)24/h4-9,12H,10-11H2,1-3H3,(H,19,22). The van der Waals surface area contributed by atoms with Gasteiger partial charge in [0.2, 0.25) is 20.0 Å². The molecule has 2 aromatic carbocycles. The van der Waals surface area contributed by atoms with E-state index in [1.807, 2.05) is 0 Å². The largest absolute Gasteiger partial charge is 0.322 e. The number of hydrogen-bond donors (Lipinski definition) is 1. The van der Waals surface area contributed by atoms with E-state index < -0.39 is 20.0 Å². The molecule has 0 fully saturated rings. The summed E-state index contributed by atoms with van der Waals surface area (Å²) >= 11 is 0. The molecule has 1 N–H and O–H groups in total. The van der Waals surface area contributed by atoms with E-state index in [-0.39, 0.29) is 10.8 Å². The maximum atomic E-state index is 12.5. The second-order valence-electron chi connectivity index (χ2n) is 6.69. The SMILES string of the molecule is CN(C)S(=O)(=O)c1ccc(C(=O)Nc2ccc3c(c2)CCN3S(C)(=O)=O)cc1. The Labute approximate surface area is 164 Å². The van der Waals surface area contributed by atoms with Crippen LogP contribution in [0.25, 0.3) is 0 Å². The van der Waals surface area contributed by atoms with Gasteiger partial charge in [-0.2, -0.15) is 0 Å². The van der Waals surface area contributed by atoms with E-state index in [4.69, 9.17) is 0 Å². The molecule has 0 bridgehead atoms. The van der Waals surface area contributed by atoms with Gasteiger partial charge in [-0.15, -0.1) is 0 Å². The Morgan fingerprint density at radius 1 is 1.04 bits per heavy atom. The molecule has 0 saturated carbocycles. The number of carbonyl (C=O) groups is 1. The first-order valence-electron chi connectivity index (χ1n) is 8.45. The number of benzene rings is 2. The Kier molecular flexibility index (Phi) is 5.22. The second-order valence-corrected chi connectivity index (χ2v) is 10.8. The van der Waals surface area contributed by atoms with Gasteiger partial charge in [0, 0.05) is 31.9 Å². The first kappa shape index (κ1) is 20.3. The van der Waals surface area contributed by atoms with Gasteiger partial charge in [-0.05, 0) is 54.4 Å². The fourth-order valence-electron chi connectivity index (χ4n) is 2.99. The molecule has 0 aliphatic carbocycles. The van der Waals surface area contributed by atoms with Crippen LogP contribution in [0.2, 0.25) is 0 Å². The quantitative estimate of drug-likeness (QED) is 0.785. The zero-order valence-electron chi connectivity index (χ0n) is 15.7. The number of fused-ring (bicyclic) bond motifs is 1. The number of nitrogens with one attached hydrogen (secondary N) is 1. The number of rotatable bonds is 5. The molecule has 1 aliphatic heterocycles. The van der Waals surface area contributed by atoms with Gasteiger partial charge < -0.3 is 5.32 Å². The Hall–Kier alpha value is -2.43. The molecule has 0 radical (unpaired) electrons. The summed E-state index contributed by atoms with van der Waals surface area (Å²) in [5.74, 6) is -0.383. The predicted molar refractivity (Wildman–Crippen MR) is 108 cm³/mol. The first-order chi connectivity index (χ1) is 13.0. The molecular formula is C18H21N3O5S2. The summed E-state index contributed by atoms with van der Waals surface area (Å²) in [6.45, 7) is 0.382. The zero-order chi connectivity index (χ0) is 20.7. The summed E-state index contributed by atoms with van der Waals surface area (Å²) in [5, 5.41) is 2.76. The van der Waals surface area contributed by atoms with Gasteiger partial charge >= 0.3 is 0 Å². The molecule has 28 heavy (non-hydrogen) atoms. The van der Waals surface area contributed by atoms with Crippen LogP contribution in [-0.2, 0) is 26.5 Å². The maximum Gasteiger partial charge on any atom is 0.255 e. The molecule has 8 nitrogen and oxygen atoms in total. The fraction of sp³-hybridized carbons (Fsp3) is 0.278. The number of anilines is 2. The number of sulfonamides is 2. The van der Waals surface area contributed by atoms with Crippen molar-refractivity contribution in [3.8, 4) is 0 Å². The highest BCUT2D eigenvalue weighted by atomic mass is 32.2. The predicted octanol–water partition coefficient (Wildman–Crippen LogP) is 1.51. The van der Waals surface area contributed by atoms with E-state index in [0.29, 0.717) is 29.9 Å². The molecule has 1 aliphatic rings. The monoisotopic (exact) mass is 423 g/mol. The van der Waals surface area contributed by atoms with Gasteiger partial charge in [0.1, 0.15) is 0 Å². The van der Waals surface area contributed by atoms with Crippen LogP contribution in [0.3, 0.4) is 0 Å². The highest BCUT2D eigenvalue weighted by Crippen LogP contribution is 2.32. The Bertz CT molecular complexity index is 1120. The third kappa shape index (κ3) is 3.89. The topological polar surface area (TPSA) is 104 Å². The minimum atomic E-state index is -3.55. The summed E-state index contributed by atoms with van der Waals surface area (Å²) < 4.78 is 50.2. The lowest BCUT2D eigenvalue weighted by Gasteiger charge is -2.16. The van der Waals surface area contributed by atoms with Crippen LogP contribution in [0.4, 0.5) is 11.4 Å². The first-order valence-corrected chi connectivity index (χ1v) is 11.7. The van der Waals surface area contributed by atoms with Gasteiger partial charge in [-0.1, -0.05) is 0 Å². The molecule has 3 rings (SSSR count). The molecule has 1 amide bonds. The van der Waals surface area contributed by atoms with Gasteiger partial charge in [0.25, 0.3) is 5.91 Å². The molecule has 1 heterocycles. The van der Waals surface area contributed by atoms with Crippen molar-refractivity contribution in [3.63, 3.8) is 0 Å². The van der Waals surface area contributed by atoms with E-state index in [1.165, 1.54) is 42.7 Å². The molecular weight excluding hydrogens is 402 g/mol. The highest BCUT2D eigenvalue weighted by molar-refractivity contribution is 7.92. The number of nitrogens with zero attached hydrogens (tertiary/aromatic N) is 2. The van der Waals surface area contributed by atoms with Crippen molar-refractivity contribution in [2.75, 3.05) is 36.5 Å². The van der Waals surface area contributed by atoms with Crippen LogP contribution in [0.5, 0.6) is 0 Å². The number of hydrogen-bond acceptors (Lipinski definition) is 5. The summed E-state index contributed by atoms with van der Waals surface area (Å²) in [7, 11) is -4.00. The smallest absolute Gasteiger partial charge is 0.255 e. The minimum Gasteiger partial charge on any atom is -0.322 e. The lowest BCUT2D eigenvalue weighted by atomic mass is 10.1. The number of carbonyl (C=O) groups excluding carboxylic acids is 1. The maximum absolute atomic E-state index is 12.5. The lowest BCUT2D eigenvalue weighted by molar-refractivity contribution is 0.102. The van der Waals surface area contributed by atoms with Crippen LogP contribution in [0.1, 0.15) is 15.9 Å². The minimum absolute atomic E-state index is 0.104. The normalized spacial score (nSPS) is 14.2. The summed E-state index contributed by atoms with van der Waals surface area (Å²) in [5.41, 5.74) is 2.33. The third-order valence-electron chi connectivity index (χ3n) is 4.49. The molecule has 0 atom stereocenters. The van der Waals surface area contributed by atoms with E-state index in [2.05, 4.69) is 5.32 Å². The van der Waals surface area contributed by atoms with Crippen molar-refractivity contribution in [2.45, 2.75) is 11.3 Å². The summed E-state index contributed by atoms with van der Waals surface area (Å²) in [6, 6.07) is 10.7. The molecule has 10 heteroatoms. The van der Waals surface area contributed by atoms with Gasteiger partial charge in [0.05, 0.1) is 16.8 Å². The second kappa shape index (κ2) is 7.19. The average Bonchev–Trinajstić information content (AvgIpc) is 3.05. The molecule has 0 saturated heterocycles. The van der Waals surface area contributed by atoms with Crippen molar-refractivity contribution < 1.29 is 21.6 Å². The van der Waals surface area contributed by atoms with E-state index in [9.17, 15) is 21.6 Å². The molecule has 0 aromatic heterocycles. The van der Waals surface area contributed by atoms with Crippen molar-refractivity contribution >= 4 is 37.3 Å². The van der Waals surface area contributed by atoms with Crippen LogP contribution in [0.15, 0.2) is 47.4 Å². The van der Waals surface area contributed by atoms with Crippen molar-refractivity contribution in [3.05, 3.63) is 53.6 Å². The summed E-state index contributed by atoms with van der Waals surface area (Å²) in [4.78, 5) is 12.6. The van der Waals surface area contributed by atoms with Gasteiger partial charge in [-0.25, -0.2) is 21.1 Å². The van der Waals surface area contributed by atoms with Crippen molar-refractivity contribution in [1.29, 1.82) is 0 Å². The lowest BCUT2D eigenvalue weighted by Crippen LogP contribution is -2.27. The van der Waals surface area contributed by atoms with Crippen molar-refractivity contribution in [1.82, 2.24) is 4.31 Å². The Morgan fingerprint density at radius 2 is 1.68 bits per heavy atom. The summed E-state index contributed by atoms with van der Waals surface area (Å²) in [6.07, 6.45) is 1.74. The third-order valence-corrected chi connectivity index (χ3v) is 7.49. The van der Waals surface area contributed by atoms with Crippen LogP contribution < -0.4 is 9.62 Å². The fourth-order valence-corrected chi connectivity index (χ4v) is 4.85. The zero-order valence-corrected chi connectivity index (χ0v) is 17.3. The average molecular weight is 424 g/mol. The molecule has 2 aromatic rings. The van der Waals surface area contributed by atoms with Crippen LogP contribution in [-0.4, -0.2) is 53.9 Å².